The highest BCUT2D eigenvalue weighted by molar-refractivity contribution is 5.67. The number of hydrogen-bond donors (Lipinski definition) is 1. The number of nitrogens with one attached hydrogen (secondary N) is 1. The summed E-state index contributed by atoms with van der Waals surface area (Å²) < 4.78 is 4.98. The van der Waals surface area contributed by atoms with E-state index in [1.54, 1.807) is 26.8 Å². The molecule has 0 aliphatic rings. The third-order valence-corrected chi connectivity index (χ3v) is 1.06. The standard InChI is InChI=1S/C10H14N2O2/c1-10(2,3)14-9(13)12-8-6-4-5-7-11/h6,8H2,1-3H3,(H,12,13). The molecule has 0 radical (unpaired) electrons. The number of ether oxygens (including phenoxy) is 1. The van der Waals surface area contributed by atoms with E-state index in [1.165, 1.54) is 0 Å². The Hall–Kier alpha value is -1.68. The number of nitriles is 1. The predicted molar refractivity (Wildman–Crippen MR) is 52.2 cm³/mol. The third kappa shape index (κ3) is 8.42. The minimum Gasteiger partial charge on any atom is -0.444 e. The van der Waals surface area contributed by atoms with Crippen molar-refractivity contribution in [3.05, 3.63) is 0 Å². The molecule has 4 heteroatoms. The van der Waals surface area contributed by atoms with Crippen LogP contribution in [0.15, 0.2) is 0 Å². The summed E-state index contributed by atoms with van der Waals surface area (Å²) in [7, 11) is 0. The number of nitrogens with zero attached hydrogens (tertiary/aromatic N) is 1. The van der Waals surface area contributed by atoms with Gasteiger partial charge in [-0.15, -0.1) is 0 Å². The van der Waals surface area contributed by atoms with Gasteiger partial charge in [-0.2, -0.15) is 5.26 Å². The van der Waals surface area contributed by atoms with Crippen LogP contribution in [0.3, 0.4) is 0 Å². The number of rotatable bonds is 2. The zero-order valence-corrected chi connectivity index (χ0v) is 8.68. The van der Waals surface area contributed by atoms with Gasteiger partial charge in [0.2, 0.25) is 0 Å². The van der Waals surface area contributed by atoms with Crippen LogP contribution < -0.4 is 5.32 Å². The van der Waals surface area contributed by atoms with Crippen LogP contribution in [0.25, 0.3) is 0 Å². The summed E-state index contributed by atoms with van der Waals surface area (Å²) >= 11 is 0. The Morgan fingerprint density at radius 3 is 2.64 bits per heavy atom. The van der Waals surface area contributed by atoms with Crippen molar-refractivity contribution in [2.24, 2.45) is 0 Å². The number of alkyl carbamates (subject to hydrolysis) is 1. The molecule has 14 heavy (non-hydrogen) atoms. The van der Waals surface area contributed by atoms with Crippen LogP contribution >= 0.6 is 0 Å². The maximum Gasteiger partial charge on any atom is 0.407 e. The van der Waals surface area contributed by atoms with Crippen LogP contribution in [0.1, 0.15) is 27.2 Å². The Balaban J connectivity index is 3.62. The van der Waals surface area contributed by atoms with Gasteiger partial charge in [-0.05, 0) is 20.8 Å². The lowest BCUT2D eigenvalue weighted by Crippen LogP contribution is -2.32. The largest absolute Gasteiger partial charge is 0.444 e. The summed E-state index contributed by atoms with van der Waals surface area (Å²) in [6, 6.07) is 1.69. The number of hydrogen-bond acceptors (Lipinski definition) is 3. The Morgan fingerprint density at radius 1 is 1.50 bits per heavy atom. The van der Waals surface area contributed by atoms with Gasteiger partial charge in [-0.1, -0.05) is 5.92 Å². The summed E-state index contributed by atoms with van der Waals surface area (Å²) in [4.78, 5) is 11.0. The zero-order valence-electron chi connectivity index (χ0n) is 8.68. The molecule has 0 spiro atoms. The molecule has 76 valence electrons. The fourth-order valence-electron chi connectivity index (χ4n) is 0.643. The van der Waals surface area contributed by atoms with E-state index in [1.807, 2.05) is 0 Å². The highest BCUT2D eigenvalue weighted by Gasteiger charge is 2.14. The Kier molecular flexibility index (Phi) is 5.17. The smallest absolute Gasteiger partial charge is 0.407 e. The van der Waals surface area contributed by atoms with Gasteiger partial charge in [0.15, 0.2) is 6.07 Å². The molecular formula is C10H14N2O2. The van der Waals surface area contributed by atoms with Crippen molar-refractivity contribution in [2.75, 3.05) is 6.54 Å². The van der Waals surface area contributed by atoms with Crippen LogP contribution in [0.2, 0.25) is 0 Å². The van der Waals surface area contributed by atoms with Crippen molar-refractivity contribution in [3.8, 4) is 17.9 Å². The molecule has 1 amide bonds. The monoisotopic (exact) mass is 194 g/mol. The fraction of sp³-hybridized carbons (Fsp3) is 0.600. The highest BCUT2D eigenvalue weighted by atomic mass is 16.6. The van der Waals surface area contributed by atoms with Gasteiger partial charge in [0, 0.05) is 18.9 Å². The molecule has 4 nitrogen and oxygen atoms in total. The van der Waals surface area contributed by atoms with Gasteiger partial charge in [-0.3, -0.25) is 0 Å². The van der Waals surface area contributed by atoms with E-state index in [4.69, 9.17) is 10.00 Å². The van der Waals surface area contributed by atoms with Gasteiger partial charge in [0.05, 0.1) is 0 Å². The topological polar surface area (TPSA) is 62.1 Å². The van der Waals surface area contributed by atoms with E-state index in [2.05, 4.69) is 17.2 Å². The van der Waals surface area contributed by atoms with Crippen molar-refractivity contribution in [1.29, 1.82) is 5.26 Å². The normalized spacial score (nSPS) is 9.29. The van der Waals surface area contributed by atoms with Gasteiger partial charge in [0.25, 0.3) is 0 Å². The van der Waals surface area contributed by atoms with E-state index in [0.717, 1.165) is 0 Å². The third-order valence-electron chi connectivity index (χ3n) is 1.06. The van der Waals surface area contributed by atoms with E-state index < -0.39 is 11.7 Å². The van der Waals surface area contributed by atoms with Crippen molar-refractivity contribution >= 4 is 6.09 Å². The molecule has 0 saturated carbocycles. The van der Waals surface area contributed by atoms with Crippen LogP contribution in [0.4, 0.5) is 4.79 Å². The second-order valence-corrected chi connectivity index (χ2v) is 3.59. The molecule has 0 aromatic heterocycles. The summed E-state index contributed by atoms with van der Waals surface area (Å²) in [5.41, 5.74) is -0.484. The summed E-state index contributed by atoms with van der Waals surface area (Å²) in [6.07, 6.45) is -0.0106. The molecule has 0 unspecified atom stereocenters. The second-order valence-electron chi connectivity index (χ2n) is 3.59. The molecule has 0 aliphatic heterocycles. The van der Waals surface area contributed by atoms with Gasteiger partial charge in [0.1, 0.15) is 5.60 Å². The van der Waals surface area contributed by atoms with Gasteiger partial charge >= 0.3 is 6.09 Å². The first-order valence-electron chi connectivity index (χ1n) is 4.29. The molecule has 0 aromatic rings. The molecule has 0 aliphatic carbocycles. The molecule has 0 aromatic carbocycles. The van der Waals surface area contributed by atoms with Crippen LogP contribution in [0.5, 0.6) is 0 Å². The first-order valence-corrected chi connectivity index (χ1v) is 4.29. The van der Waals surface area contributed by atoms with E-state index >= 15 is 0 Å². The maximum atomic E-state index is 11.0. The van der Waals surface area contributed by atoms with Crippen molar-refractivity contribution in [2.45, 2.75) is 32.8 Å². The Labute approximate surface area is 84.2 Å². The lowest BCUT2D eigenvalue weighted by atomic mass is 10.2. The SMILES string of the molecule is CC(C)(C)OC(=O)NCCC#CC#N. The highest BCUT2D eigenvalue weighted by Crippen LogP contribution is 2.05. The minimum absolute atomic E-state index is 0.392. The maximum absolute atomic E-state index is 11.0. The predicted octanol–water partition coefficient (Wildman–Crippen LogP) is 1.43. The first-order chi connectivity index (χ1) is 6.45. The fourth-order valence-corrected chi connectivity index (χ4v) is 0.643. The summed E-state index contributed by atoms with van der Waals surface area (Å²) in [5.74, 6) is 4.81. The molecule has 0 rings (SSSR count). The minimum atomic E-state index is -0.484. The van der Waals surface area contributed by atoms with Crippen LogP contribution in [0, 0.1) is 23.2 Å². The Bertz CT molecular complexity index is 286. The number of carbonyl (C=O) groups excluding carboxylic acids is 1. The molecular weight excluding hydrogens is 180 g/mol. The van der Waals surface area contributed by atoms with Gasteiger partial charge in [-0.25, -0.2) is 4.79 Å². The molecule has 0 saturated heterocycles. The average molecular weight is 194 g/mol. The van der Waals surface area contributed by atoms with Crippen molar-refractivity contribution < 1.29 is 9.53 Å². The summed E-state index contributed by atoms with van der Waals surface area (Å²) in [5, 5.41) is 10.6. The van der Waals surface area contributed by atoms with Crippen molar-refractivity contribution in [3.63, 3.8) is 0 Å². The molecule has 0 bridgehead atoms. The molecule has 1 N–H and O–H groups in total. The average Bonchev–Trinajstić information content (AvgIpc) is 2.00. The Morgan fingerprint density at radius 2 is 2.14 bits per heavy atom. The lowest BCUT2D eigenvalue weighted by Gasteiger charge is -2.19. The lowest BCUT2D eigenvalue weighted by molar-refractivity contribution is 0.0529. The van der Waals surface area contributed by atoms with E-state index in [9.17, 15) is 4.79 Å². The second kappa shape index (κ2) is 5.88. The first kappa shape index (κ1) is 12.3. The van der Waals surface area contributed by atoms with E-state index in [-0.39, 0.29) is 0 Å². The van der Waals surface area contributed by atoms with Crippen LogP contribution in [-0.2, 0) is 4.74 Å². The molecule has 0 fully saturated rings. The number of carbonyl (C=O) groups is 1. The van der Waals surface area contributed by atoms with Crippen LogP contribution in [-0.4, -0.2) is 18.2 Å². The zero-order chi connectivity index (χ0) is 11.0. The molecule has 0 heterocycles. The molecule has 0 atom stereocenters. The van der Waals surface area contributed by atoms with Gasteiger partial charge < -0.3 is 10.1 Å². The van der Waals surface area contributed by atoms with Crippen molar-refractivity contribution in [1.82, 2.24) is 5.32 Å². The van der Waals surface area contributed by atoms with E-state index in [0.29, 0.717) is 13.0 Å². The summed E-state index contributed by atoms with van der Waals surface area (Å²) in [6.45, 7) is 5.77. The number of amides is 1. The quantitative estimate of drug-likeness (QED) is 0.534.